The summed E-state index contributed by atoms with van der Waals surface area (Å²) < 4.78 is 31.4. The Bertz CT molecular complexity index is 373. The van der Waals surface area contributed by atoms with Crippen molar-refractivity contribution in [2.24, 2.45) is 0 Å². The van der Waals surface area contributed by atoms with Gasteiger partial charge in [0.2, 0.25) is 0 Å². The van der Waals surface area contributed by atoms with Gasteiger partial charge in [-0.2, -0.15) is 11.8 Å². The monoisotopic (exact) mass is 248 g/mol. The van der Waals surface area contributed by atoms with Crippen LogP contribution in [-0.2, 0) is 0 Å². The minimum atomic E-state index is -1.38. The molecule has 0 atom stereocenters. The maximum Gasteiger partial charge on any atom is 0.335 e. The van der Waals surface area contributed by atoms with Gasteiger partial charge in [-0.05, 0) is 18.4 Å². The summed E-state index contributed by atoms with van der Waals surface area (Å²) in [6.07, 6.45) is 1.84. The Balaban J connectivity index is 2.89. The van der Waals surface area contributed by atoms with Crippen molar-refractivity contribution >= 4 is 17.7 Å². The zero-order chi connectivity index (χ0) is 12.1. The average molecular weight is 248 g/mol. The van der Waals surface area contributed by atoms with E-state index in [2.05, 4.69) is 0 Å². The van der Waals surface area contributed by atoms with Crippen molar-refractivity contribution < 1.29 is 23.4 Å². The van der Waals surface area contributed by atoms with E-state index in [1.165, 1.54) is 11.8 Å². The molecule has 1 N–H and O–H groups in total. The minimum absolute atomic E-state index is 0.168. The molecule has 0 amide bonds. The molecule has 0 saturated carbocycles. The topological polar surface area (TPSA) is 46.5 Å². The number of rotatable bonds is 5. The SMILES string of the molecule is CSCCOc1c(F)cc(C(=O)O)cc1F. The standard InChI is InChI=1S/C10H10F2O3S/c1-16-3-2-15-9-7(11)4-6(10(13)14)5-8(9)12/h4-5H,2-3H2,1H3,(H,13,14). The van der Waals surface area contributed by atoms with Gasteiger partial charge in [-0.3, -0.25) is 0 Å². The third kappa shape index (κ3) is 3.10. The third-order valence-electron chi connectivity index (χ3n) is 1.78. The lowest BCUT2D eigenvalue weighted by atomic mass is 10.2. The maximum atomic E-state index is 13.3. The van der Waals surface area contributed by atoms with Crippen molar-refractivity contribution in [2.75, 3.05) is 18.6 Å². The molecule has 0 bridgehead atoms. The van der Waals surface area contributed by atoms with E-state index in [0.29, 0.717) is 5.75 Å². The van der Waals surface area contributed by atoms with Gasteiger partial charge in [-0.15, -0.1) is 0 Å². The maximum absolute atomic E-state index is 13.3. The van der Waals surface area contributed by atoms with Crippen molar-refractivity contribution in [3.8, 4) is 5.75 Å². The molecule has 1 aromatic rings. The summed E-state index contributed by atoms with van der Waals surface area (Å²) in [6, 6.07) is 1.47. The number of carboxylic acid groups (broad SMARTS) is 1. The smallest absolute Gasteiger partial charge is 0.335 e. The second-order valence-electron chi connectivity index (χ2n) is 2.92. The first-order valence-electron chi connectivity index (χ1n) is 4.40. The first-order chi connectivity index (χ1) is 7.56. The molecule has 0 unspecified atom stereocenters. The van der Waals surface area contributed by atoms with Crippen LogP contribution < -0.4 is 4.74 Å². The number of benzene rings is 1. The summed E-state index contributed by atoms with van der Waals surface area (Å²) in [7, 11) is 0. The second kappa shape index (κ2) is 5.69. The number of hydrogen-bond donors (Lipinski definition) is 1. The van der Waals surface area contributed by atoms with Crippen molar-refractivity contribution in [1.29, 1.82) is 0 Å². The Hall–Kier alpha value is -1.30. The normalized spacial score (nSPS) is 10.2. The molecule has 88 valence electrons. The van der Waals surface area contributed by atoms with Gasteiger partial charge in [0.1, 0.15) is 0 Å². The van der Waals surface area contributed by atoms with Crippen LogP contribution in [0.15, 0.2) is 12.1 Å². The zero-order valence-corrected chi connectivity index (χ0v) is 9.31. The van der Waals surface area contributed by atoms with Gasteiger partial charge < -0.3 is 9.84 Å². The van der Waals surface area contributed by atoms with Crippen LogP contribution in [0.5, 0.6) is 5.75 Å². The molecule has 0 spiro atoms. The van der Waals surface area contributed by atoms with Crippen LogP contribution in [-0.4, -0.2) is 29.7 Å². The van der Waals surface area contributed by atoms with Crippen molar-refractivity contribution in [1.82, 2.24) is 0 Å². The fourth-order valence-corrected chi connectivity index (χ4v) is 1.30. The number of carbonyl (C=O) groups is 1. The summed E-state index contributed by atoms with van der Waals surface area (Å²) in [4.78, 5) is 10.5. The van der Waals surface area contributed by atoms with Crippen LogP contribution in [0.1, 0.15) is 10.4 Å². The van der Waals surface area contributed by atoms with Gasteiger partial charge in [0.05, 0.1) is 12.2 Å². The average Bonchev–Trinajstić information content (AvgIpc) is 2.21. The third-order valence-corrected chi connectivity index (χ3v) is 2.35. The number of hydrogen-bond acceptors (Lipinski definition) is 3. The van der Waals surface area contributed by atoms with Gasteiger partial charge in [-0.25, -0.2) is 13.6 Å². The van der Waals surface area contributed by atoms with Crippen LogP contribution >= 0.6 is 11.8 Å². The fourth-order valence-electron chi connectivity index (χ4n) is 1.05. The highest BCUT2D eigenvalue weighted by Crippen LogP contribution is 2.23. The van der Waals surface area contributed by atoms with E-state index in [1.807, 2.05) is 6.26 Å². The van der Waals surface area contributed by atoms with Crippen molar-refractivity contribution in [3.05, 3.63) is 29.3 Å². The first-order valence-corrected chi connectivity index (χ1v) is 5.79. The van der Waals surface area contributed by atoms with Crippen LogP contribution in [0.25, 0.3) is 0 Å². The Kier molecular flexibility index (Phi) is 4.54. The molecule has 6 heteroatoms. The van der Waals surface area contributed by atoms with E-state index in [9.17, 15) is 13.6 Å². The molecule has 1 aromatic carbocycles. The Morgan fingerprint density at radius 1 is 1.44 bits per heavy atom. The number of thioether (sulfide) groups is 1. The van der Waals surface area contributed by atoms with Gasteiger partial charge in [-0.1, -0.05) is 0 Å². The number of carboxylic acids is 1. The molecule has 1 rings (SSSR count). The largest absolute Gasteiger partial charge is 0.487 e. The molecule has 3 nitrogen and oxygen atoms in total. The molecule has 0 radical (unpaired) electrons. The highest BCUT2D eigenvalue weighted by molar-refractivity contribution is 7.98. The van der Waals surface area contributed by atoms with Gasteiger partial charge in [0.15, 0.2) is 17.4 Å². The first kappa shape index (κ1) is 12.8. The summed E-state index contributed by atoms with van der Waals surface area (Å²) >= 11 is 1.48. The van der Waals surface area contributed by atoms with E-state index in [-0.39, 0.29) is 6.61 Å². The summed E-state index contributed by atoms with van der Waals surface area (Å²) in [5.74, 6) is -3.32. The van der Waals surface area contributed by atoms with Gasteiger partial charge in [0, 0.05) is 5.75 Å². The molecular weight excluding hydrogens is 238 g/mol. The molecule has 0 aliphatic heterocycles. The predicted octanol–water partition coefficient (Wildman–Crippen LogP) is 2.40. The van der Waals surface area contributed by atoms with Crippen LogP contribution in [0.2, 0.25) is 0 Å². The highest BCUT2D eigenvalue weighted by Gasteiger charge is 2.15. The van der Waals surface area contributed by atoms with Crippen LogP contribution in [0.3, 0.4) is 0 Å². The lowest BCUT2D eigenvalue weighted by Crippen LogP contribution is -2.06. The van der Waals surface area contributed by atoms with E-state index < -0.39 is 28.9 Å². The fraction of sp³-hybridized carbons (Fsp3) is 0.300. The highest BCUT2D eigenvalue weighted by atomic mass is 32.2. The molecular formula is C10H10F2O3S. The molecule has 0 saturated heterocycles. The summed E-state index contributed by atoms with van der Waals surface area (Å²) in [5, 5.41) is 8.56. The molecule has 0 heterocycles. The van der Waals surface area contributed by atoms with E-state index >= 15 is 0 Å². The number of aromatic carboxylic acids is 1. The summed E-state index contributed by atoms with van der Waals surface area (Å²) in [6.45, 7) is 0.168. The Morgan fingerprint density at radius 3 is 2.44 bits per heavy atom. The van der Waals surface area contributed by atoms with Crippen molar-refractivity contribution in [2.45, 2.75) is 0 Å². The van der Waals surface area contributed by atoms with Crippen LogP contribution in [0, 0.1) is 11.6 Å². The van der Waals surface area contributed by atoms with E-state index in [1.54, 1.807) is 0 Å². The molecule has 0 aromatic heterocycles. The number of ether oxygens (including phenoxy) is 1. The van der Waals surface area contributed by atoms with Crippen molar-refractivity contribution in [3.63, 3.8) is 0 Å². The van der Waals surface area contributed by atoms with Gasteiger partial charge in [0.25, 0.3) is 0 Å². The van der Waals surface area contributed by atoms with E-state index in [4.69, 9.17) is 9.84 Å². The Morgan fingerprint density at radius 2 is 2.00 bits per heavy atom. The zero-order valence-electron chi connectivity index (χ0n) is 8.50. The van der Waals surface area contributed by atoms with Crippen LogP contribution in [0.4, 0.5) is 8.78 Å². The lowest BCUT2D eigenvalue weighted by molar-refractivity contribution is 0.0695. The van der Waals surface area contributed by atoms with E-state index in [0.717, 1.165) is 12.1 Å². The molecule has 0 fully saturated rings. The number of halogens is 2. The second-order valence-corrected chi connectivity index (χ2v) is 3.90. The quantitative estimate of drug-likeness (QED) is 0.813. The molecule has 16 heavy (non-hydrogen) atoms. The Labute approximate surface area is 95.4 Å². The minimum Gasteiger partial charge on any atom is -0.487 e. The van der Waals surface area contributed by atoms with Gasteiger partial charge >= 0.3 is 5.97 Å². The summed E-state index contributed by atoms with van der Waals surface area (Å²) in [5.41, 5.74) is -0.438. The lowest BCUT2D eigenvalue weighted by Gasteiger charge is -2.08. The predicted molar refractivity (Wildman–Crippen MR) is 57.2 cm³/mol. The molecule has 0 aliphatic carbocycles. The molecule has 0 aliphatic rings.